The van der Waals surface area contributed by atoms with Gasteiger partial charge in [-0.1, -0.05) is 24.3 Å². The van der Waals surface area contributed by atoms with Crippen molar-refractivity contribution in [3.63, 3.8) is 0 Å². The summed E-state index contributed by atoms with van der Waals surface area (Å²) in [7, 11) is -4.80. The summed E-state index contributed by atoms with van der Waals surface area (Å²) in [6.45, 7) is 0. The number of nitrogen functional groups attached to an aromatic ring is 2. The van der Waals surface area contributed by atoms with Gasteiger partial charge in [-0.25, -0.2) is 0 Å². The molecule has 1 aliphatic carbocycles. The van der Waals surface area contributed by atoms with E-state index in [4.69, 9.17) is 16.2 Å². The second kappa shape index (κ2) is 8.52. The molecular formula is C26H19N3O6S. The summed E-state index contributed by atoms with van der Waals surface area (Å²) in [5.41, 5.74) is 12.2. The molecule has 0 atom stereocenters. The number of ether oxygens (including phenoxy) is 1. The van der Waals surface area contributed by atoms with E-state index in [9.17, 15) is 22.6 Å². The van der Waals surface area contributed by atoms with Crippen molar-refractivity contribution in [2.24, 2.45) is 0 Å². The lowest BCUT2D eigenvalue weighted by Crippen LogP contribution is -2.25. The van der Waals surface area contributed by atoms with Crippen LogP contribution in [-0.4, -0.2) is 24.5 Å². The van der Waals surface area contributed by atoms with E-state index in [2.05, 4.69) is 5.32 Å². The third-order valence-electron chi connectivity index (χ3n) is 5.73. The summed E-state index contributed by atoms with van der Waals surface area (Å²) in [6, 6.07) is 20.7. The van der Waals surface area contributed by atoms with Gasteiger partial charge in [0, 0.05) is 22.5 Å². The lowest BCUT2D eigenvalue weighted by molar-refractivity contribution is 0.0980. The van der Waals surface area contributed by atoms with Gasteiger partial charge in [-0.05, 0) is 54.6 Å². The molecule has 4 aromatic carbocycles. The number of fused-ring (bicyclic) bond motifs is 2. The quantitative estimate of drug-likeness (QED) is 0.202. The summed E-state index contributed by atoms with van der Waals surface area (Å²) >= 11 is 0. The van der Waals surface area contributed by atoms with E-state index in [0.717, 1.165) is 6.07 Å². The minimum atomic E-state index is -4.80. The third-order valence-corrected chi connectivity index (χ3v) is 6.62. The molecule has 0 radical (unpaired) electrons. The van der Waals surface area contributed by atoms with Gasteiger partial charge in [0.1, 0.15) is 16.4 Å². The van der Waals surface area contributed by atoms with Crippen LogP contribution in [-0.2, 0) is 10.1 Å². The summed E-state index contributed by atoms with van der Waals surface area (Å²) in [6.07, 6.45) is 0. The first-order valence-electron chi connectivity index (χ1n) is 10.7. The topological polar surface area (TPSA) is 162 Å². The van der Waals surface area contributed by atoms with Crippen molar-refractivity contribution in [1.29, 1.82) is 0 Å². The number of anilines is 4. The average Bonchev–Trinajstić information content (AvgIpc) is 2.85. The zero-order valence-electron chi connectivity index (χ0n) is 18.6. The van der Waals surface area contributed by atoms with Crippen LogP contribution in [0, 0.1) is 0 Å². The van der Waals surface area contributed by atoms with Gasteiger partial charge in [-0.15, -0.1) is 0 Å². The molecule has 0 aliphatic heterocycles. The Kier molecular flexibility index (Phi) is 5.47. The Hall–Kier alpha value is -4.67. The molecule has 0 aromatic heterocycles. The third kappa shape index (κ3) is 4.04. The Balaban J connectivity index is 1.56. The summed E-state index contributed by atoms with van der Waals surface area (Å²) in [5, 5.41) is 2.98. The van der Waals surface area contributed by atoms with Gasteiger partial charge in [0.25, 0.3) is 10.1 Å². The van der Waals surface area contributed by atoms with Gasteiger partial charge in [-0.3, -0.25) is 14.1 Å². The number of hydrogen-bond acceptors (Lipinski definition) is 8. The normalized spacial score (nSPS) is 12.6. The highest BCUT2D eigenvalue weighted by atomic mass is 32.2. The van der Waals surface area contributed by atoms with Crippen molar-refractivity contribution in [3.05, 3.63) is 101 Å². The van der Waals surface area contributed by atoms with Crippen LogP contribution in [0.2, 0.25) is 0 Å². The maximum Gasteiger partial charge on any atom is 0.296 e. The molecule has 180 valence electrons. The van der Waals surface area contributed by atoms with Crippen LogP contribution in [0.5, 0.6) is 11.5 Å². The number of nitrogens with one attached hydrogen (secondary N) is 1. The number of ketones is 2. The Morgan fingerprint density at radius 2 is 1.28 bits per heavy atom. The zero-order valence-corrected chi connectivity index (χ0v) is 19.4. The number of benzene rings is 4. The van der Waals surface area contributed by atoms with E-state index in [-0.39, 0.29) is 27.9 Å². The molecule has 10 heteroatoms. The van der Waals surface area contributed by atoms with E-state index in [1.54, 1.807) is 60.7 Å². The first-order valence-corrected chi connectivity index (χ1v) is 12.1. The number of nitrogens with two attached hydrogens (primary N) is 2. The smallest absolute Gasteiger partial charge is 0.296 e. The van der Waals surface area contributed by atoms with Crippen LogP contribution in [0.4, 0.5) is 22.7 Å². The molecule has 0 heterocycles. The molecule has 9 nitrogen and oxygen atoms in total. The fourth-order valence-corrected chi connectivity index (χ4v) is 4.69. The first-order chi connectivity index (χ1) is 17.1. The molecule has 6 N–H and O–H groups in total. The van der Waals surface area contributed by atoms with E-state index < -0.39 is 32.3 Å². The van der Waals surface area contributed by atoms with Crippen LogP contribution in [0.3, 0.4) is 0 Å². The molecule has 0 saturated heterocycles. The zero-order chi connectivity index (χ0) is 25.6. The second-order valence-corrected chi connectivity index (χ2v) is 9.48. The van der Waals surface area contributed by atoms with Gasteiger partial charge in [-0.2, -0.15) is 8.42 Å². The molecule has 4 aromatic rings. The highest BCUT2D eigenvalue weighted by Gasteiger charge is 2.36. The monoisotopic (exact) mass is 501 g/mol. The fraction of sp³-hybridized carbons (Fsp3) is 0. The van der Waals surface area contributed by atoms with Crippen molar-refractivity contribution in [2.45, 2.75) is 4.90 Å². The molecule has 0 saturated carbocycles. The van der Waals surface area contributed by atoms with E-state index in [1.165, 1.54) is 12.1 Å². The summed E-state index contributed by atoms with van der Waals surface area (Å²) in [5.74, 6) is -0.0142. The number of rotatable bonds is 5. The van der Waals surface area contributed by atoms with Crippen molar-refractivity contribution in [3.8, 4) is 11.5 Å². The molecule has 0 amide bonds. The van der Waals surface area contributed by atoms with E-state index >= 15 is 0 Å². The molecule has 0 unspecified atom stereocenters. The molecule has 5 rings (SSSR count). The number of carbonyl (C=O) groups excluding carboxylic acids is 2. The Bertz CT molecular complexity index is 1650. The Morgan fingerprint density at radius 3 is 1.83 bits per heavy atom. The Labute approximate surface area is 206 Å². The highest BCUT2D eigenvalue weighted by molar-refractivity contribution is 7.86. The van der Waals surface area contributed by atoms with Gasteiger partial charge in [0.05, 0.1) is 22.5 Å². The standard InChI is InChI=1S/C26H19N3O6S/c27-14-5-9-16(10-6-14)35-17-11-7-15(8-12-17)29-20-13-21(36(32,33)34)24(28)23-22(20)25(30)18-3-1-2-4-19(18)26(23)31/h1-13,29H,27-28H2,(H,32,33,34). The second-order valence-electron chi connectivity index (χ2n) is 8.09. The minimum Gasteiger partial charge on any atom is -0.457 e. The van der Waals surface area contributed by atoms with Gasteiger partial charge in [0.15, 0.2) is 11.6 Å². The largest absolute Gasteiger partial charge is 0.457 e. The van der Waals surface area contributed by atoms with Gasteiger partial charge in [0.2, 0.25) is 0 Å². The summed E-state index contributed by atoms with van der Waals surface area (Å²) in [4.78, 5) is 25.9. The fourth-order valence-electron chi connectivity index (χ4n) is 4.04. The van der Waals surface area contributed by atoms with Crippen LogP contribution >= 0.6 is 0 Å². The van der Waals surface area contributed by atoms with Crippen molar-refractivity contribution < 1.29 is 27.3 Å². The molecule has 0 spiro atoms. The van der Waals surface area contributed by atoms with Gasteiger partial charge < -0.3 is 21.5 Å². The first kappa shape index (κ1) is 23.1. The highest BCUT2D eigenvalue weighted by Crippen LogP contribution is 2.40. The van der Waals surface area contributed by atoms with Gasteiger partial charge >= 0.3 is 0 Å². The lowest BCUT2D eigenvalue weighted by Gasteiger charge is -2.23. The van der Waals surface area contributed by atoms with Crippen LogP contribution in [0.1, 0.15) is 31.8 Å². The van der Waals surface area contributed by atoms with Crippen molar-refractivity contribution >= 4 is 44.4 Å². The van der Waals surface area contributed by atoms with E-state index in [0.29, 0.717) is 22.9 Å². The maximum atomic E-state index is 13.4. The number of hydrogen-bond donors (Lipinski definition) is 4. The van der Waals surface area contributed by atoms with Crippen LogP contribution in [0.25, 0.3) is 0 Å². The summed E-state index contributed by atoms with van der Waals surface area (Å²) < 4.78 is 39.6. The Morgan fingerprint density at radius 1 is 0.750 bits per heavy atom. The van der Waals surface area contributed by atoms with Crippen LogP contribution in [0.15, 0.2) is 83.8 Å². The van der Waals surface area contributed by atoms with Crippen molar-refractivity contribution in [2.75, 3.05) is 16.8 Å². The molecule has 1 aliphatic rings. The molecule has 36 heavy (non-hydrogen) atoms. The number of carbonyl (C=O) groups is 2. The predicted molar refractivity (Wildman–Crippen MR) is 135 cm³/mol. The average molecular weight is 502 g/mol. The predicted octanol–water partition coefficient (Wildman–Crippen LogP) is 4.41. The van der Waals surface area contributed by atoms with Crippen LogP contribution < -0.4 is 21.5 Å². The van der Waals surface area contributed by atoms with Crippen molar-refractivity contribution in [1.82, 2.24) is 0 Å². The molecular weight excluding hydrogens is 482 g/mol. The molecule has 0 fully saturated rings. The maximum absolute atomic E-state index is 13.4. The SMILES string of the molecule is Nc1ccc(Oc2ccc(Nc3cc(S(=O)(=O)O)c(N)c4c3C(=O)c3ccccc3C4=O)cc2)cc1. The minimum absolute atomic E-state index is 0.00637. The van der Waals surface area contributed by atoms with E-state index in [1.807, 2.05) is 0 Å². The molecule has 0 bridgehead atoms. The lowest BCUT2D eigenvalue weighted by atomic mass is 9.82.